The molecule has 1 aliphatic heterocycles. The summed E-state index contributed by atoms with van der Waals surface area (Å²) in [4.78, 5) is 2.66. The molecule has 0 aromatic heterocycles. The Hall–Kier alpha value is -1.02. The van der Waals surface area contributed by atoms with Gasteiger partial charge in [-0.3, -0.25) is 0 Å². The molecule has 1 aliphatic carbocycles. The smallest absolute Gasteiger partial charge is 0.0508 e. The third-order valence-electron chi connectivity index (χ3n) is 4.85. The van der Waals surface area contributed by atoms with Crippen LogP contribution < -0.4 is 10.6 Å². The number of fused-ring (bicyclic) bond motifs is 1. The largest absolute Gasteiger partial charge is 0.363 e. The van der Waals surface area contributed by atoms with Gasteiger partial charge in [-0.2, -0.15) is 0 Å². The van der Waals surface area contributed by atoms with Crippen LogP contribution in [0.2, 0.25) is 0 Å². The van der Waals surface area contributed by atoms with Crippen LogP contribution in [0.25, 0.3) is 0 Å². The zero-order valence-corrected chi connectivity index (χ0v) is 12.2. The number of rotatable bonds is 2. The van der Waals surface area contributed by atoms with E-state index in [1.165, 1.54) is 43.4 Å². The molecule has 0 saturated heterocycles. The average molecular weight is 258 g/mol. The first-order chi connectivity index (χ1) is 9.07. The summed E-state index contributed by atoms with van der Waals surface area (Å²) in [6, 6.07) is 10.0. The lowest BCUT2D eigenvalue weighted by molar-refractivity contribution is 0.331. The summed E-state index contributed by atoms with van der Waals surface area (Å²) >= 11 is 0. The molecule has 0 radical (unpaired) electrons. The van der Waals surface area contributed by atoms with Gasteiger partial charge >= 0.3 is 0 Å². The molecule has 0 amide bonds. The Morgan fingerprint density at radius 2 is 1.79 bits per heavy atom. The number of para-hydroxylation sites is 1. The van der Waals surface area contributed by atoms with Gasteiger partial charge in [-0.1, -0.05) is 37.5 Å². The molecule has 1 aromatic carbocycles. The van der Waals surface area contributed by atoms with Crippen molar-refractivity contribution in [1.82, 2.24) is 0 Å². The van der Waals surface area contributed by atoms with Crippen LogP contribution in [0.3, 0.4) is 0 Å². The molecule has 1 aromatic rings. The van der Waals surface area contributed by atoms with Crippen LogP contribution in [0.1, 0.15) is 51.5 Å². The number of anilines is 1. The standard InChI is InChI=1S/C17H26N2/c1-17(2,18)16-12-13-8-6-7-11-15(13)19(16)14-9-4-3-5-10-14/h6-8,11,14,16H,3-5,9-10,12,18H2,1-2H3. The van der Waals surface area contributed by atoms with Crippen LogP contribution in [0, 0.1) is 0 Å². The van der Waals surface area contributed by atoms with Crippen molar-refractivity contribution in [3.05, 3.63) is 29.8 Å². The summed E-state index contributed by atoms with van der Waals surface area (Å²) in [6.45, 7) is 4.36. The molecule has 2 heteroatoms. The molecule has 19 heavy (non-hydrogen) atoms. The van der Waals surface area contributed by atoms with Crippen LogP contribution in [0.15, 0.2) is 24.3 Å². The first-order valence-electron chi connectivity index (χ1n) is 7.72. The van der Waals surface area contributed by atoms with Crippen molar-refractivity contribution < 1.29 is 0 Å². The molecular weight excluding hydrogens is 232 g/mol. The first-order valence-corrected chi connectivity index (χ1v) is 7.72. The minimum absolute atomic E-state index is 0.142. The average Bonchev–Trinajstić information content (AvgIpc) is 2.79. The van der Waals surface area contributed by atoms with Crippen molar-refractivity contribution in [3.63, 3.8) is 0 Å². The lowest BCUT2D eigenvalue weighted by Crippen LogP contribution is -2.57. The summed E-state index contributed by atoms with van der Waals surface area (Å²) in [7, 11) is 0. The molecule has 1 saturated carbocycles. The quantitative estimate of drug-likeness (QED) is 0.880. The molecular formula is C17H26N2. The fourth-order valence-electron chi connectivity index (χ4n) is 3.84. The molecule has 1 unspecified atom stereocenters. The van der Waals surface area contributed by atoms with E-state index in [-0.39, 0.29) is 5.54 Å². The van der Waals surface area contributed by atoms with E-state index in [1.54, 1.807) is 0 Å². The highest BCUT2D eigenvalue weighted by Crippen LogP contribution is 2.40. The van der Waals surface area contributed by atoms with Crippen molar-refractivity contribution in [3.8, 4) is 0 Å². The third kappa shape index (κ3) is 2.38. The molecule has 1 heterocycles. The number of hydrogen-bond acceptors (Lipinski definition) is 2. The monoisotopic (exact) mass is 258 g/mol. The Morgan fingerprint density at radius 1 is 1.11 bits per heavy atom. The molecule has 1 fully saturated rings. The summed E-state index contributed by atoms with van der Waals surface area (Å²) < 4.78 is 0. The van der Waals surface area contributed by atoms with Crippen LogP contribution in [0.4, 0.5) is 5.69 Å². The minimum Gasteiger partial charge on any atom is -0.363 e. The van der Waals surface area contributed by atoms with Crippen molar-refractivity contribution in [2.45, 2.75) is 70.0 Å². The highest BCUT2D eigenvalue weighted by atomic mass is 15.2. The second-order valence-electron chi connectivity index (χ2n) is 6.87. The highest BCUT2D eigenvalue weighted by Gasteiger charge is 2.40. The normalized spacial score (nSPS) is 24.6. The van der Waals surface area contributed by atoms with Gasteiger partial charge in [0.1, 0.15) is 0 Å². The molecule has 2 N–H and O–H groups in total. The third-order valence-corrected chi connectivity index (χ3v) is 4.85. The van der Waals surface area contributed by atoms with Crippen molar-refractivity contribution >= 4 is 5.69 Å². The number of hydrogen-bond donors (Lipinski definition) is 1. The lowest BCUT2D eigenvalue weighted by atomic mass is 9.88. The topological polar surface area (TPSA) is 29.3 Å². The maximum atomic E-state index is 6.48. The maximum absolute atomic E-state index is 6.48. The first kappa shape index (κ1) is 13.0. The van der Waals surface area contributed by atoms with Gasteiger partial charge in [0.05, 0.1) is 6.04 Å². The fraction of sp³-hybridized carbons (Fsp3) is 0.647. The van der Waals surface area contributed by atoms with Crippen molar-refractivity contribution in [1.29, 1.82) is 0 Å². The van der Waals surface area contributed by atoms with Gasteiger partial charge in [0.15, 0.2) is 0 Å². The Balaban J connectivity index is 1.95. The minimum atomic E-state index is -0.142. The molecule has 1 atom stereocenters. The predicted octanol–water partition coefficient (Wildman–Crippen LogP) is 3.49. The molecule has 104 valence electrons. The fourth-order valence-corrected chi connectivity index (χ4v) is 3.84. The van der Waals surface area contributed by atoms with E-state index in [2.05, 4.69) is 43.0 Å². The molecule has 0 spiro atoms. The SMILES string of the molecule is CC(C)(N)C1Cc2ccccc2N1C1CCCCC1. The van der Waals surface area contributed by atoms with Crippen molar-refractivity contribution in [2.24, 2.45) is 5.73 Å². The van der Waals surface area contributed by atoms with E-state index in [0.29, 0.717) is 12.1 Å². The van der Waals surface area contributed by atoms with Gasteiger partial charge in [0.25, 0.3) is 0 Å². The van der Waals surface area contributed by atoms with E-state index in [1.807, 2.05) is 0 Å². The second-order valence-corrected chi connectivity index (χ2v) is 6.87. The van der Waals surface area contributed by atoms with Gasteiger partial charge in [-0.25, -0.2) is 0 Å². The van der Waals surface area contributed by atoms with Crippen LogP contribution in [-0.4, -0.2) is 17.6 Å². The van der Waals surface area contributed by atoms with Crippen LogP contribution in [-0.2, 0) is 6.42 Å². The number of nitrogens with zero attached hydrogens (tertiary/aromatic N) is 1. The Morgan fingerprint density at radius 3 is 2.47 bits per heavy atom. The van der Waals surface area contributed by atoms with E-state index >= 15 is 0 Å². The van der Waals surface area contributed by atoms with E-state index < -0.39 is 0 Å². The van der Waals surface area contributed by atoms with Crippen LogP contribution >= 0.6 is 0 Å². The van der Waals surface area contributed by atoms with E-state index in [0.717, 1.165) is 6.42 Å². The van der Waals surface area contributed by atoms with Gasteiger partial charge in [0.2, 0.25) is 0 Å². The Bertz CT molecular complexity index is 441. The van der Waals surface area contributed by atoms with Crippen molar-refractivity contribution in [2.75, 3.05) is 4.90 Å². The zero-order chi connectivity index (χ0) is 13.5. The number of benzene rings is 1. The van der Waals surface area contributed by atoms with Gasteiger partial charge < -0.3 is 10.6 Å². The molecule has 3 rings (SSSR count). The summed E-state index contributed by atoms with van der Waals surface area (Å²) in [6.07, 6.45) is 7.93. The Labute approximate surface area is 117 Å². The predicted molar refractivity (Wildman–Crippen MR) is 81.6 cm³/mol. The maximum Gasteiger partial charge on any atom is 0.0508 e. The van der Waals surface area contributed by atoms with Gasteiger partial charge in [0, 0.05) is 17.3 Å². The molecule has 2 aliphatic rings. The second kappa shape index (κ2) is 4.82. The lowest BCUT2D eigenvalue weighted by Gasteiger charge is -2.43. The molecule has 2 nitrogen and oxygen atoms in total. The van der Waals surface area contributed by atoms with Gasteiger partial charge in [-0.05, 0) is 44.7 Å². The number of nitrogens with two attached hydrogens (primary N) is 1. The summed E-state index contributed by atoms with van der Waals surface area (Å²) in [5.41, 5.74) is 9.26. The highest BCUT2D eigenvalue weighted by molar-refractivity contribution is 5.61. The zero-order valence-electron chi connectivity index (χ0n) is 12.2. The van der Waals surface area contributed by atoms with Gasteiger partial charge in [-0.15, -0.1) is 0 Å². The molecule has 0 bridgehead atoms. The van der Waals surface area contributed by atoms with E-state index in [4.69, 9.17) is 5.73 Å². The Kier molecular flexibility index (Phi) is 3.30. The van der Waals surface area contributed by atoms with Crippen LogP contribution in [0.5, 0.6) is 0 Å². The summed E-state index contributed by atoms with van der Waals surface area (Å²) in [5.74, 6) is 0. The van der Waals surface area contributed by atoms with E-state index in [9.17, 15) is 0 Å². The summed E-state index contributed by atoms with van der Waals surface area (Å²) in [5, 5.41) is 0.